The van der Waals surface area contributed by atoms with Crippen molar-refractivity contribution in [1.29, 1.82) is 5.26 Å². The Morgan fingerprint density at radius 2 is 1.93 bits per heavy atom. The molecule has 0 aliphatic carbocycles. The van der Waals surface area contributed by atoms with Crippen molar-refractivity contribution in [3.8, 4) is 17.3 Å². The number of likely N-dealkylation sites (tertiary alicyclic amines) is 1. The van der Waals surface area contributed by atoms with Gasteiger partial charge < -0.3 is 20.5 Å². The van der Waals surface area contributed by atoms with Crippen LogP contribution in [-0.2, 0) is 16.6 Å². The molecule has 0 radical (unpaired) electrons. The SMILES string of the molecule is CN1CCC(NC(=O)c2ccc(-c3cc4c(NCc5cccnc5N(C)S(C)(=O)=O)c(C#N)cnc4[nH]3)cc2)CC1. The highest BCUT2D eigenvalue weighted by molar-refractivity contribution is 7.92. The molecule has 11 nitrogen and oxygen atoms in total. The number of sulfonamides is 1. The summed E-state index contributed by atoms with van der Waals surface area (Å²) >= 11 is 0. The molecule has 3 aromatic heterocycles. The summed E-state index contributed by atoms with van der Waals surface area (Å²) in [6.45, 7) is 2.19. The molecule has 3 N–H and O–H groups in total. The predicted octanol–water partition coefficient (Wildman–Crippen LogP) is 3.33. The van der Waals surface area contributed by atoms with E-state index in [9.17, 15) is 18.5 Å². The summed E-state index contributed by atoms with van der Waals surface area (Å²) in [5, 5.41) is 16.9. The Balaban J connectivity index is 1.37. The van der Waals surface area contributed by atoms with Gasteiger partial charge in [-0.2, -0.15) is 5.26 Å². The van der Waals surface area contributed by atoms with Gasteiger partial charge in [0.2, 0.25) is 10.0 Å². The molecule has 1 saturated heterocycles. The first kappa shape index (κ1) is 28.1. The molecule has 0 saturated carbocycles. The van der Waals surface area contributed by atoms with Crippen LogP contribution < -0.4 is 14.9 Å². The van der Waals surface area contributed by atoms with Crippen LogP contribution in [0.15, 0.2) is 54.9 Å². The molecule has 1 fully saturated rings. The summed E-state index contributed by atoms with van der Waals surface area (Å²) < 4.78 is 25.4. The van der Waals surface area contributed by atoms with Gasteiger partial charge in [-0.1, -0.05) is 18.2 Å². The van der Waals surface area contributed by atoms with E-state index in [-0.39, 0.29) is 18.5 Å². The number of fused-ring (bicyclic) bond motifs is 1. The first-order valence-electron chi connectivity index (χ1n) is 13.3. The average Bonchev–Trinajstić information content (AvgIpc) is 3.41. The smallest absolute Gasteiger partial charge is 0.251 e. The van der Waals surface area contributed by atoms with Gasteiger partial charge in [-0.15, -0.1) is 0 Å². The third-order valence-electron chi connectivity index (χ3n) is 7.41. The third kappa shape index (κ3) is 6.16. The molecule has 5 rings (SSSR count). The van der Waals surface area contributed by atoms with E-state index >= 15 is 0 Å². The zero-order chi connectivity index (χ0) is 29.1. The predicted molar refractivity (Wildman–Crippen MR) is 159 cm³/mol. The molecule has 1 aromatic carbocycles. The zero-order valence-corrected chi connectivity index (χ0v) is 24.0. The van der Waals surface area contributed by atoms with Gasteiger partial charge in [0.05, 0.1) is 17.5 Å². The lowest BCUT2D eigenvalue weighted by molar-refractivity contribution is 0.0917. The van der Waals surface area contributed by atoms with Crippen LogP contribution in [0, 0.1) is 11.3 Å². The van der Waals surface area contributed by atoms with Crippen LogP contribution in [0.3, 0.4) is 0 Å². The van der Waals surface area contributed by atoms with Crippen molar-refractivity contribution < 1.29 is 13.2 Å². The van der Waals surface area contributed by atoms with Crippen molar-refractivity contribution in [3.05, 3.63) is 71.5 Å². The maximum absolute atomic E-state index is 12.8. The number of H-pyrrole nitrogens is 1. The molecule has 0 bridgehead atoms. The summed E-state index contributed by atoms with van der Waals surface area (Å²) in [5.74, 6) is 0.229. The minimum atomic E-state index is -3.51. The molecule has 12 heteroatoms. The molecular weight excluding hydrogens is 540 g/mol. The monoisotopic (exact) mass is 572 g/mol. The Morgan fingerprint density at radius 1 is 1.20 bits per heavy atom. The van der Waals surface area contributed by atoms with Gasteiger partial charge in [0, 0.05) is 54.2 Å². The summed E-state index contributed by atoms with van der Waals surface area (Å²) in [6, 6.07) is 15.2. The highest BCUT2D eigenvalue weighted by atomic mass is 32.2. The van der Waals surface area contributed by atoms with Crippen LogP contribution in [0.1, 0.15) is 34.3 Å². The number of carbonyl (C=O) groups is 1. The summed E-state index contributed by atoms with van der Waals surface area (Å²) in [4.78, 5) is 27.0. The normalized spacial score (nSPS) is 14.5. The van der Waals surface area contributed by atoms with Crippen LogP contribution in [0.25, 0.3) is 22.3 Å². The van der Waals surface area contributed by atoms with Gasteiger partial charge in [0.1, 0.15) is 17.5 Å². The van der Waals surface area contributed by atoms with Crippen LogP contribution in [0.5, 0.6) is 0 Å². The number of amides is 1. The molecule has 4 heterocycles. The van der Waals surface area contributed by atoms with Crippen LogP contribution in [0.4, 0.5) is 11.5 Å². The fourth-order valence-electron chi connectivity index (χ4n) is 4.92. The second kappa shape index (κ2) is 11.6. The molecule has 0 unspecified atom stereocenters. The maximum atomic E-state index is 12.8. The number of pyridine rings is 2. The Kier molecular flexibility index (Phi) is 7.92. The number of hydrogen-bond donors (Lipinski definition) is 3. The Labute approximate surface area is 239 Å². The number of aromatic amines is 1. The third-order valence-corrected chi connectivity index (χ3v) is 8.58. The molecule has 41 heavy (non-hydrogen) atoms. The number of anilines is 2. The molecule has 4 aromatic rings. The second-order valence-corrected chi connectivity index (χ2v) is 12.3. The molecule has 1 amide bonds. The van der Waals surface area contributed by atoms with E-state index in [2.05, 4.69) is 43.6 Å². The van der Waals surface area contributed by atoms with E-state index in [0.717, 1.165) is 47.7 Å². The Morgan fingerprint density at radius 3 is 2.61 bits per heavy atom. The van der Waals surface area contributed by atoms with Gasteiger partial charge >= 0.3 is 0 Å². The topological polar surface area (TPSA) is 147 Å². The summed E-state index contributed by atoms with van der Waals surface area (Å²) in [5.41, 5.74) is 4.42. The van der Waals surface area contributed by atoms with E-state index in [1.807, 2.05) is 18.2 Å². The highest BCUT2D eigenvalue weighted by Gasteiger charge is 2.20. The van der Waals surface area contributed by atoms with E-state index in [1.165, 1.54) is 19.4 Å². The lowest BCUT2D eigenvalue weighted by atomic mass is 10.0. The average molecular weight is 573 g/mol. The van der Waals surface area contributed by atoms with Gasteiger partial charge in [0.25, 0.3) is 5.91 Å². The summed E-state index contributed by atoms with van der Waals surface area (Å²) in [6.07, 6.45) is 6.04. The molecule has 212 valence electrons. The second-order valence-electron chi connectivity index (χ2n) is 10.3. The van der Waals surface area contributed by atoms with Crippen LogP contribution in [0.2, 0.25) is 0 Å². The van der Waals surface area contributed by atoms with Crippen molar-refractivity contribution in [3.63, 3.8) is 0 Å². The van der Waals surface area contributed by atoms with Crippen molar-refractivity contribution >= 4 is 38.5 Å². The number of hydrogen-bond acceptors (Lipinski definition) is 8. The van der Waals surface area contributed by atoms with Crippen LogP contribution >= 0.6 is 0 Å². The number of piperidine rings is 1. The molecule has 0 atom stereocenters. The number of nitriles is 1. The molecule has 0 spiro atoms. The fourth-order valence-corrected chi connectivity index (χ4v) is 5.40. The first-order chi connectivity index (χ1) is 19.6. The van der Waals surface area contributed by atoms with E-state index in [4.69, 9.17) is 0 Å². The van der Waals surface area contributed by atoms with Gasteiger partial charge in [0.15, 0.2) is 0 Å². The maximum Gasteiger partial charge on any atom is 0.251 e. The number of carbonyl (C=O) groups excluding carboxylic acids is 1. The van der Waals surface area contributed by atoms with Crippen molar-refractivity contribution in [2.24, 2.45) is 0 Å². The van der Waals surface area contributed by atoms with E-state index in [1.54, 1.807) is 24.3 Å². The summed E-state index contributed by atoms with van der Waals surface area (Å²) in [7, 11) is 0.0386. The minimum Gasteiger partial charge on any atom is -0.379 e. The lowest BCUT2D eigenvalue weighted by Crippen LogP contribution is -2.43. The van der Waals surface area contributed by atoms with Crippen molar-refractivity contribution in [2.45, 2.75) is 25.4 Å². The van der Waals surface area contributed by atoms with Crippen LogP contribution in [-0.4, -0.2) is 73.7 Å². The molecule has 1 aliphatic rings. The van der Waals surface area contributed by atoms with Crippen molar-refractivity contribution in [1.82, 2.24) is 25.2 Å². The van der Waals surface area contributed by atoms with Crippen molar-refractivity contribution in [2.75, 3.05) is 43.1 Å². The van der Waals surface area contributed by atoms with E-state index < -0.39 is 10.0 Å². The van der Waals surface area contributed by atoms with E-state index in [0.29, 0.717) is 39.2 Å². The quantitative estimate of drug-likeness (QED) is 0.291. The highest BCUT2D eigenvalue weighted by Crippen LogP contribution is 2.31. The van der Waals surface area contributed by atoms with Gasteiger partial charge in [-0.25, -0.2) is 18.4 Å². The Hall–Kier alpha value is -4.47. The fraction of sp³-hybridized carbons (Fsp3) is 0.310. The Bertz CT molecular complexity index is 1720. The number of rotatable bonds is 8. The number of nitrogens with one attached hydrogen (secondary N) is 3. The zero-order valence-electron chi connectivity index (χ0n) is 23.2. The first-order valence-corrected chi connectivity index (χ1v) is 15.1. The number of nitrogens with zero attached hydrogens (tertiary/aromatic N) is 5. The minimum absolute atomic E-state index is 0.0779. The lowest BCUT2D eigenvalue weighted by Gasteiger charge is -2.29. The molecular formula is C29H32N8O3S. The number of aromatic nitrogens is 3. The number of benzene rings is 1. The largest absolute Gasteiger partial charge is 0.379 e. The van der Waals surface area contributed by atoms with Gasteiger partial charge in [-0.3, -0.25) is 9.10 Å². The molecule has 1 aliphatic heterocycles. The standard InChI is InChI=1S/C29H32N8O3S/c1-36-13-10-23(11-14-36)34-29(38)20-8-6-19(7-9-20)25-15-24-26(22(16-30)18-33-27(24)35-25)32-17-21-5-4-12-31-28(21)37(2)41(3,39)40/h4-9,12,15,18,23H,10-11,13-14,17H2,1-3H3,(H,34,38)(H2,32,33,35). The van der Waals surface area contributed by atoms with Gasteiger partial charge in [-0.05, 0) is 62.8 Å².